The summed E-state index contributed by atoms with van der Waals surface area (Å²) >= 11 is 0. The molecular weight excluding hydrogens is 295 g/mol. The molecule has 2 aromatic carbocycles. The zero-order valence-electron chi connectivity index (χ0n) is 11.1. The van der Waals surface area contributed by atoms with E-state index >= 15 is 0 Å². The first-order valence-electron chi connectivity index (χ1n) is 6.14. The fourth-order valence-corrected chi connectivity index (χ4v) is 1.75. The third-order valence-electron chi connectivity index (χ3n) is 2.74. The number of carbonyl (C=O) groups is 1. The number of halogens is 3. The highest BCUT2D eigenvalue weighted by molar-refractivity contribution is 6.00. The first-order valence-corrected chi connectivity index (χ1v) is 6.14. The summed E-state index contributed by atoms with van der Waals surface area (Å²) in [5.74, 6) is 0. The average Bonchev–Trinajstić information content (AvgIpc) is 2.47. The number of hydrogen-bond donors (Lipinski definition) is 2. The van der Waals surface area contributed by atoms with Gasteiger partial charge in [-0.1, -0.05) is 18.2 Å². The highest BCUT2D eigenvalue weighted by Crippen LogP contribution is 2.30. The molecule has 7 heteroatoms. The van der Waals surface area contributed by atoms with Crippen LogP contribution in [-0.2, 0) is 6.18 Å². The molecule has 2 aromatic rings. The molecule has 112 valence electrons. The van der Waals surface area contributed by atoms with Gasteiger partial charge >= 0.3 is 12.2 Å². The summed E-state index contributed by atoms with van der Waals surface area (Å²) in [4.78, 5) is 11.8. The summed E-state index contributed by atoms with van der Waals surface area (Å²) in [7, 11) is 0. The van der Waals surface area contributed by atoms with Crippen molar-refractivity contribution in [3.8, 4) is 6.07 Å². The third-order valence-corrected chi connectivity index (χ3v) is 2.74. The largest absolute Gasteiger partial charge is 0.416 e. The molecule has 0 aliphatic rings. The van der Waals surface area contributed by atoms with E-state index in [0.29, 0.717) is 0 Å². The lowest BCUT2D eigenvalue weighted by Gasteiger charge is -2.11. The zero-order chi connectivity index (χ0) is 16.2. The van der Waals surface area contributed by atoms with Crippen LogP contribution < -0.4 is 10.6 Å². The molecule has 0 spiro atoms. The maximum absolute atomic E-state index is 12.6. The van der Waals surface area contributed by atoms with E-state index in [9.17, 15) is 18.0 Å². The number of urea groups is 1. The average molecular weight is 305 g/mol. The van der Waals surface area contributed by atoms with Crippen molar-refractivity contribution >= 4 is 17.4 Å². The Labute approximate surface area is 124 Å². The predicted octanol–water partition coefficient (Wildman–Crippen LogP) is 4.22. The van der Waals surface area contributed by atoms with Crippen LogP contribution in [0.15, 0.2) is 48.5 Å². The second-order valence-corrected chi connectivity index (χ2v) is 4.32. The third kappa shape index (κ3) is 3.76. The van der Waals surface area contributed by atoms with E-state index in [1.54, 1.807) is 12.1 Å². The van der Waals surface area contributed by atoms with Gasteiger partial charge in [-0.2, -0.15) is 18.4 Å². The number of alkyl halides is 3. The van der Waals surface area contributed by atoms with Gasteiger partial charge in [-0.15, -0.1) is 0 Å². The fraction of sp³-hybridized carbons (Fsp3) is 0.0667. The minimum absolute atomic E-state index is 0.00163. The number of nitrogens with one attached hydrogen (secondary N) is 2. The molecule has 0 radical (unpaired) electrons. The Morgan fingerprint density at radius 2 is 1.77 bits per heavy atom. The van der Waals surface area contributed by atoms with E-state index in [0.717, 1.165) is 12.1 Å². The van der Waals surface area contributed by atoms with Crippen LogP contribution in [0.25, 0.3) is 0 Å². The maximum Gasteiger partial charge on any atom is 0.416 e. The molecule has 4 nitrogen and oxygen atoms in total. The van der Waals surface area contributed by atoms with E-state index in [1.807, 2.05) is 6.07 Å². The van der Waals surface area contributed by atoms with Crippen LogP contribution in [0, 0.1) is 11.3 Å². The van der Waals surface area contributed by atoms with Crippen molar-refractivity contribution in [3.05, 3.63) is 59.7 Å². The van der Waals surface area contributed by atoms with Crippen molar-refractivity contribution in [2.24, 2.45) is 0 Å². The topological polar surface area (TPSA) is 64.9 Å². The first kappa shape index (κ1) is 15.4. The van der Waals surface area contributed by atoms with Crippen molar-refractivity contribution in [1.29, 1.82) is 5.26 Å². The van der Waals surface area contributed by atoms with Gasteiger partial charge in [0, 0.05) is 5.69 Å². The summed E-state index contributed by atoms with van der Waals surface area (Å²) in [5, 5.41) is 13.6. The quantitative estimate of drug-likeness (QED) is 0.872. The molecule has 2 amide bonds. The van der Waals surface area contributed by atoms with Crippen LogP contribution in [0.4, 0.5) is 29.3 Å². The molecule has 0 saturated carbocycles. The number of nitriles is 1. The molecule has 0 atom stereocenters. The van der Waals surface area contributed by atoms with Crippen molar-refractivity contribution in [2.75, 3.05) is 10.6 Å². The van der Waals surface area contributed by atoms with Gasteiger partial charge in [0.15, 0.2) is 0 Å². The Morgan fingerprint density at radius 1 is 1.05 bits per heavy atom. The molecule has 0 unspecified atom stereocenters. The zero-order valence-corrected chi connectivity index (χ0v) is 11.1. The highest BCUT2D eigenvalue weighted by atomic mass is 19.4. The SMILES string of the molecule is N#Cc1ccccc1NC(=O)Nc1cccc(C(F)(F)F)c1. The van der Waals surface area contributed by atoms with Crippen LogP contribution in [-0.4, -0.2) is 6.03 Å². The number of hydrogen-bond acceptors (Lipinski definition) is 2. The van der Waals surface area contributed by atoms with Crippen molar-refractivity contribution < 1.29 is 18.0 Å². The fourth-order valence-electron chi connectivity index (χ4n) is 1.75. The van der Waals surface area contributed by atoms with E-state index < -0.39 is 17.8 Å². The summed E-state index contributed by atoms with van der Waals surface area (Å²) < 4.78 is 37.8. The number of para-hydroxylation sites is 1. The van der Waals surface area contributed by atoms with Crippen molar-refractivity contribution in [1.82, 2.24) is 0 Å². The normalized spacial score (nSPS) is 10.6. The van der Waals surface area contributed by atoms with Crippen LogP contribution in [0.3, 0.4) is 0 Å². The molecule has 0 saturated heterocycles. The van der Waals surface area contributed by atoms with Gasteiger partial charge < -0.3 is 10.6 Å². The number of amides is 2. The maximum atomic E-state index is 12.6. The minimum atomic E-state index is -4.48. The predicted molar refractivity (Wildman–Crippen MR) is 75.2 cm³/mol. The molecule has 0 fully saturated rings. The number of anilines is 2. The van der Waals surface area contributed by atoms with Gasteiger partial charge in [0.1, 0.15) is 6.07 Å². The van der Waals surface area contributed by atoms with Gasteiger partial charge in [-0.3, -0.25) is 0 Å². The van der Waals surface area contributed by atoms with Crippen LogP contribution >= 0.6 is 0 Å². The molecule has 0 bridgehead atoms. The molecule has 0 heterocycles. The van der Waals surface area contributed by atoms with Gasteiger partial charge in [-0.05, 0) is 30.3 Å². The van der Waals surface area contributed by atoms with Gasteiger partial charge in [0.2, 0.25) is 0 Å². The Bertz CT molecular complexity index is 735. The van der Waals surface area contributed by atoms with E-state index in [1.165, 1.54) is 24.3 Å². The Hall–Kier alpha value is -3.01. The molecule has 22 heavy (non-hydrogen) atoms. The van der Waals surface area contributed by atoms with Crippen LogP contribution in [0.1, 0.15) is 11.1 Å². The lowest BCUT2D eigenvalue weighted by atomic mass is 10.2. The number of rotatable bonds is 2. The van der Waals surface area contributed by atoms with Gasteiger partial charge in [0.05, 0.1) is 16.8 Å². The van der Waals surface area contributed by atoms with Crippen molar-refractivity contribution in [2.45, 2.75) is 6.18 Å². The Balaban J connectivity index is 2.12. The van der Waals surface area contributed by atoms with Gasteiger partial charge in [-0.25, -0.2) is 4.79 Å². The molecular formula is C15H10F3N3O. The molecule has 0 aliphatic carbocycles. The van der Waals surface area contributed by atoms with Crippen molar-refractivity contribution in [3.63, 3.8) is 0 Å². The monoisotopic (exact) mass is 305 g/mol. The lowest BCUT2D eigenvalue weighted by molar-refractivity contribution is -0.137. The van der Waals surface area contributed by atoms with E-state index in [-0.39, 0.29) is 16.9 Å². The highest BCUT2D eigenvalue weighted by Gasteiger charge is 2.30. The summed E-state index contributed by atoms with van der Waals surface area (Å²) in [5.41, 5.74) is -0.333. The lowest BCUT2D eigenvalue weighted by Crippen LogP contribution is -2.20. The summed E-state index contributed by atoms with van der Waals surface area (Å²) in [6.07, 6.45) is -4.48. The summed E-state index contributed by atoms with van der Waals surface area (Å²) in [6.45, 7) is 0. The smallest absolute Gasteiger partial charge is 0.308 e. The molecule has 2 N–H and O–H groups in total. The summed E-state index contributed by atoms with van der Waals surface area (Å²) in [6, 6.07) is 11.7. The Morgan fingerprint density at radius 3 is 2.45 bits per heavy atom. The molecule has 2 rings (SSSR count). The van der Waals surface area contributed by atoms with Crippen LogP contribution in [0.5, 0.6) is 0 Å². The number of benzene rings is 2. The number of nitrogens with zero attached hydrogens (tertiary/aromatic N) is 1. The van der Waals surface area contributed by atoms with E-state index in [4.69, 9.17) is 5.26 Å². The number of carbonyl (C=O) groups excluding carboxylic acids is 1. The minimum Gasteiger partial charge on any atom is -0.308 e. The van der Waals surface area contributed by atoms with E-state index in [2.05, 4.69) is 10.6 Å². The Kier molecular flexibility index (Phi) is 4.32. The second kappa shape index (κ2) is 6.18. The van der Waals surface area contributed by atoms with Crippen LogP contribution in [0.2, 0.25) is 0 Å². The standard InChI is InChI=1S/C15H10F3N3O/c16-15(17,18)11-5-3-6-12(8-11)20-14(22)21-13-7-2-1-4-10(13)9-19/h1-8H,(H2,20,21,22). The second-order valence-electron chi connectivity index (χ2n) is 4.32. The molecule has 0 aliphatic heterocycles. The first-order chi connectivity index (χ1) is 10.4. The van der Waals surface area contributed by atoms with Gasteiger partial charge in [0.25, 0.3) is 0 Å². The molecule has 0 aromatic heterocycles.